The highest BCUT2D eigenvalue weighted by molar-refractivity contribution is 7.15. The Balaban J connectivity index is 2.36. The van der Waals surface area contributed by atoms with Gasteiger partial charge in [0, 0.05) is 31.2 Å². The highest BCUT2D eigenvalue weighted by Crippen LogP contribution is 2.21. The molecule has 0 radical (unpaired) electrons. The molecule has 0 unspecified atom stereocenters. The maximum absolute atomic E-state index is 5.56. The van der Waals surface area contributed by atoms with Crippen molar-refractivity contribution >= 4 is 16.5 Å². The molecule has 2 N–H and O–H groups in total. The van der Waals surface area contributed by atoms with Gasteiger partial charge in [0.25, 0.3) is 0 Å². The van der Waals surface area contributed by atoms with Gasteiger partial charge in [-0.2, -0.15) is 0 Å². The number of aromatic nitrogens is 1. The summed E-state index contributed by atoms with van der Waals surface area (Å²) in [5.41, 5.74) is 5.56. The van der Waals surface area contributed by atoms with Gasteiger partial charge in [-0.1, -0.05) is 13.8 Å². The Morgan fingerprint density at radius 1 is 1.53 bits per heavy atom. The molecule has 0 amide bonds. The van der Waals surface area contributed by atoms with Crippen LogP contribution in [0.5, 0.6) is 0 Å². The number of hydrogen-bond acceptors (Lipinski definition) is 4. The van der Waals surface area contributed by atoms with E-state index in [9.17, 15) is 0 Å². The fourth-order valence-electron chi connectivity index (χ4n) is 1.40. The largest absolute Gasteiger partial charge is 0.351 e. The van der Waals surface area contributed by atoms with E-state index >= 15 is 0 Å². The standard InChI is InChI=1S/C11H21N3S/c1-9(2)5-4-6-14(3)11-13-8-10(7-12)15-11/h8-9H,4-7,12H2,1-3H3. The van der Waals surface area contributed by atoms with Crippen LogP contribution in [0.1, 0.15) is 31.6 Å². The highest BCUT2D eigenvalue weighted by Gasteiger charge is 2.06. The Hall–Kier alpha value is -0.610. The van der Waals surface area contributed by atoms with Crippen molar-refractivity contribution in [1.29, 1.82) is 0 Å². The first kappa shape index (κ1) is 12.5. The van der Waals surface area contributed by atoms with E-state index in [-0.39, 0.29) is 0 Å². The number of nitrogens with two attached hydrogens (primary N) is 1. The molecule has 15 heavy (non-hydrogen) atoms. The normalized spacial score (nSPS) is 11.0. The topological polar surface area (TPSA) is 42.2 Å². The third kappa shape index (κ3) is 4.18. The maximum atomic E-state index is 5.56. The monoisotopic (exact) mass is 227 g/mol. The van der Waals surface area contributed by atoms with Crippen LogP contribution in [-0.2, 0) is 6.54 Å². The average molecular weight is 227 g/mol. The summed E-state index contributed by atoms with van der Waals surface area (Å²) >= 11 is 1.69. The zero-order chi connectivity index (χ0) is 11.3. The molecule has 0 spiro atoms. The summed E-state index contributed by atoms with van der Waals surface area (Å²) in [5, 5.41) is 1.08. The molecule has 1 rings (SSSR count). The third-order valence-corrected chi connectivity index (χ3v) is 3.48. The van der Waals surface area contributed by atoms with E-state index in [4.69, 9.17) is 5.73 Å². The molecule has 0 bridgehead atoms. The molecule has 0 aliphatic carbocycles. The Bertz CT molecular complexity index is 283. The SMILES string of the molecule is CC(C)CCCN(C)c1ncc(CN)s1. The summed E-state index contributed by atoms with van der Waals surface area (Å²) in [7, 11) is 2.10. The van der Waals surface area contributed by atoms with Crippen molar-refractivity contribution < 1.29 is 0 Å². The lowest BCUT2D eigenvalue weighted by Crippen LogP contribution is -2.18. The first-order valence-electron chi connectivity index (χ1n) is 5.49. The van der Waals surface area contributed by atoms with E-state index in [0.29, 0.717) is 6.54 Å². The second kappa shape index (κ2) is 6.08. The van der Waals surface area contributed by atoms with Crippen molar-refractivity contribution in [2.75, 3.05) is 18.5 Å². The average Bonchev–Trinajstić information content (AvgIpc) is 2.65. The second-order valence-corrected chi connectivity index (χ2v) is 5.36. The number of nitrogens with zero attached hydrogens (tertiary/aromatic N) is 2. The Kier molecular flexibility index (Phi) is 5.05. The highest BCUT2D eigenvalue weighted by atomic mass is 32.1. The molecule has 3 nitrogen and oxygen atoms in total. The second-order valence-electron chi connectivity index (χ2n) is 4.27. The van der Waals surface area contributed by atoms with Crippen LogP contribution < -0.4 is 10.6 Å². The van der Waals surface area contributed by atoms with Crippen molar-refractivity contribution in [3.63, 3.8) is 0 Å². The Labute approximate surface area is 96.3 Å². The van der Waals surface area contributed by atoms with Crippen molar-refractivity contribution in [3.8, 4) is 0 Å². The summed E-state index contributed by atoms with van der Waals surface area (Å²) in [6.45, 7) is 6.19. The van der Waals surface area contributed by atoms with E-state index < -0.39 is 0 Å². The molecular formula is C11H21N3S. The number of anilines is 1. The van der Waals surface area contributed by atoms with Crippen LogP contribution in [0.2, 0.25) is 0 Å². The summed E-state index contributed by atoms with van der Waals surface area (Å²) in [4.78, 5) is 7.72. The van der Waals surface area contributed by atoms with Gasteiger partial charge in [-0.3, -0.25) is 0 Å². The molecule has 0 saturated carbocycles. The van der Waals surface area contributed by atoms with E-state index in [1.165, 1.54) is 12.8 Å². The fraction of sp³-hybridized carbons (Fsp3) is 0.727. The van der Waals surface area contributed by atoms with Crippen LogP contribution in [0.15, 0.2) is 6.20 Å². The minimum absolute atomic E-state index is 0.595. The fourth-order valence-corrected chi connectivity index (χ4v) is 2.18. The Morgan fingerprint density at radius 2 is 2.27 bits per heavy atom. The van der Waals surface area contributed by atoms with Gasteiger partial charge in [0.2, 0.25) is 0 Å². The summed E-state index contributed by atoms with van der Waals surface area (Å²) in [5.74, 6) is 0.786. The molecule has 0 aliphatic rings. The lowest BCUT2D eigenvalue weighted by atomic mass is 10.1. The Morgan fingerprint density at radius 3 is 2.80 bits per heavy atom. The van der Waals surface area contributed by atoms with Gasteiger partial charge in [0.05, 0.1) is 0 Å². The van der Waals surface area contributed by atoms with E-state index in [1.807, 2.05) is 6.20 Å². The van der Waals surface area contributed by atoms with Gasteiger partial charge in [0.15, 0.2) is 5.13 Å². The molecule has 0 aromatic carbocycles. The zero-order valence-corrected chi connectivity index (χ0v) is 10.7. The molecular weight excluding hydrogens is 206 g/mol. The lowest BCUT2D eigenvalue weighted by molar-refractivity contribution is 0.555. The molecule has 86 valence electrons. The van der Waals surface area contributed by atoms with Gasteiger partial charge in [-0.25, -0.2) is 4.98 Å². The van der Waals surface area contributed by atoms with E-state index in [2.05, 4.69) is 30.8 Å². The van der Waals surface area contributed by atoms with Crippen LogP contribution in [0.4, 0.5) is 5.13 Å². The molecule has 1 aromatic heterocycles. The first-order chi connectivity index (χ1) is 7.13. The summed E-state index contributed by atoms with van der Waals surface area (Å²) in [6.07, 6.45) is 4.38. The zero-order valence-electron chi connectivity index (χ0n) is 9.86. The van der Waals surface area contributed by atoms with E-state index in [0.717, 1.165) is 22.5 Å². The van der Waals surface area contributed by atoms with Gasteiger partial charge in [0.1, 0.15) is 0 Å². The number of thiazole rings is 1. The minimum atomic E-state index is 0.595. The molecule has 0 aliphatic heterocycles. The third-order valence-electron chi connectivity index (χ3n) is 2.34. The van der Waals surface area contributed by atoms with Gasteiger partial charge in [-0.15, -0.1) is 11.3 Å². The van der Waals surface area contributed by atoms with Crippen molar-refractivity contribution in [2.24, 2.45) is 11.7 Å². The lowest BCUT2D eigenvalue weighted by Gasteiger charge is -2.15. The predicted octanol–water partition coefficient (Wildman–Crippen LogP) is 2.47. The molecule has 1 aromatic rings. The number of rotatable bonds is 6. The van der Waals surface area contributed by atoms with Crippen molar-refractivity contribution in [2.45, 2.75) is 33.2 Å². The molecule has 0 atom stereocenters. The molecule has 4 heteroatoms. The first-order valence-corrected chi connectivity index (χ1v) is 6.31. The number of hydrogen-bond donors (Lipinski definition) is 1. The minimum Gasteiger partial charge on any atom is -0.351 e. The molecule has 0 fully saturated rings. The maximum Gasteiger partial charge on any atom is 0.185 e. The van der Waals surface area contributed by atoms with Gasteiger partial charge < -0.3 is 10.6 Å². The van der Waals surface area contributed by atoms with Gasteiger partial charge in [-0.05, 0) is 18.8 Å². The molecule has 1 heterocycles. The van der Waals surface area contributed by atoms with Crippen molar-refractivity contribution in [1.82, 2.24) is 4.98 Å². The van der Waals surface area contributed by atoms with Gasteiger partial charge >= 0.3 is 0 Å². The molecule has 0 saturated heterocycles. The van der Waals surface area contributed by atoms with Crippen LogP contribution in [0, 0.1) is 5.92 Å². The van der Waals surface area contributed by atoms with Crippen molar-refractivity contribution in [3.05, 3.63) is 11.1 Å². The van der Waals surface area contributed by atoms with Crippen LogP contribution in [-0.4, -0.2) is 18.6 Å². The predicted molar refractivity (Wildman–Crippen MR) is 67.3 cm³/mol. The van der Waals surface area contributed by atoms with Crippen LogP contribution >= 0.6 is 11.3 Å². The van der Waals surface area contributed by atoms with E-state index in [1.54, 1.807) is 11.3 Å². The van der Waals surface area contributed by atoms with Crippen LogP contribution in [0.25, 0.3) is 0 Å². The van der Waals surface area contributed by atoms with Crippen LogP contribution in [0.3, 0.4) is 0 Å². The quantitative estimate of drug-likeness (QED) is 0.812. The smallest absolute Gasteiger partial charge is 0.185 e. The summed E-state index contributed by atoms with van der Waals surface area (Å²) < 4.78 is 0. The summed E-state index contributed by atoms with van der Waals surface area (Å²) in [6, 6.07) is 0.